The van der Waals surface area contributed by atoms with Crippen molar-refractivity contribution in [2.45, 2.75) is 33.2 Å². The van der Waals surface area contributed by atoms with E-state index in [-0.39, 0.29) is 24.2 Å². The molecule has 1 N–H and O–H groups in total. The lowest BCUT2D eigenvalue weighted by atomic mass is 10.00. The number of aryl methyl sites for hydroxylation is 1. The normalized spacial score (nSPS) is 12.0. The molecule has 33 heavy (non-hydrogen) atoms. The van der Waals surface area contributed by atoms with Gasteiger partial charge in [0.2, 0.25) is 5.91 Å². The van der Waals surface area contributed by atoms with Gasteiger partial charge < -0.3 is 5.32 Å². The van der Waals surface area contributed by atoms with Crippen LogP contribution in [0.3, 0.4) is 0 Å². The quantitative estimate of drug-likeness (QED) is 0.390. The number of thiazole rings is 1. The van der Waals surface area contributed by atoms with Crippen molar-refractivity contribution in [3.8, 4) is 0 Å². The van der Waals surface area contributed by atoms with Crippen molar-refractivity contribution in [3.63, 3.8) is 0 Å². The Balaban J connectivity index is 1.60. The van der Waals surface area contributed by atoms with Crippen LogP contribution in [-0.2, 0) is 16.0 Å². The van der Waals surface area contributed by atoms with E-state index < -0.39 is 6.04 Å². The predicted octanol–water partition coefficient (Wildman–Crippen LogP) is 5.65. The zero-order valence-corrected chi connectivity index (χ0v) is 19.8. The summed E-state index contributed by atoms with van der Waals surface area (Å²) in [5.74, 6) is -0.472. The largest absolute Gasteiger partial charge is 0.344 e. The van der Waals surface area contributed by atoms with Gasteiger partial charge in [-0.25, -0.2) is 4.98 Å². The van der Waals surface area contributed by atoms with Crippen LogP contribution in [0.1, 0.15) is 25.1 Å². The van der Waals surface area contributed by atoms with Crippen molar-refractivity contribution in [2.75, 3.05) is 4.90 Å². The molecule has 1 atom stereocenters. The number of anilines is 2. The Morgan fingerprint density at radius 2 is 1.67 bits per heavy atom. The average Bonchev–Trinajstić information content (AvgIpc) is 3.24. The van der Waals surface area contributed by atoms with E-state index in [1.807, 2.05) is 98.9 Å². The number of fused-ring (bicyclic) bond motifs is 1. The highest BCUT2D eigenvalue weighted by molar-refractivity contribution is 7.14. The molecule has 0 aliphatic carbocycles. The molecule has 0 saturated heterocycles. The maximum Gasteiger partial charge on any atom is 0.256 e. The van der Waals surface area contributed by atoms with E-state index in [4.69, 9.17) is 0 Å². The molecule has 4 rings (SSSR count). The van der Waals surface area contributed by atoms with Crippen LogP contribution >= 0.6 is 11.3 Å². The molecule has 0 aliphatic rings. The fourth-order valence-corrected chi connectivity index (χ4v) is 4.68. The summed E-state index contributed by atoms with van der Waals surface area (Å²) in [6, 6.07) is 22.7. The number of carbonyl (C=O) groups excluding carboxylic acids is 2. The lowest BCUT2D eigenvalue weighted by Crippen LogP contribution is -2.50. The molecule has 3 aromatic carbocycles. The standard InChI is InChI=1S/C27H27N3O2S/c1-18(2)25(29-24(31)16-21-12-9-11-20-10-7-8-15-23(20)21)26(32)30(22-13-5-4-6-14-22)27-28-19(3)17-33-27/h4-15,17-18,25H,16H2,1-3H3,(H,29,31)/t25-/m0/s1. The Hall–Kier alpha value is -3.51. The maximum atomic E-state index is 13.8. The Labute approximate surface area is 198 Å². The molecule has 168 valence electrons. The first-order valence-corrected chi connectivity index (χ1v) is 11.9. The lowest BCUT2D eigenvalue weighted by molar-refractivity contribution is -0.127. The molecule has 2 amide bonds. The summed E-state index contributed by atoms with van der Waals surface area (Å²) < 4.78 is 0. The van der Waals surface area contributed by atoms with Crippen molar-refractivity contribution in [1.82, 2.24) is 10.3 Å². The van der Waals surface area contributed by atoms with Crippen molar-refractivity contribution >= 4 is 44.7 Å². The molecule has 0 radical (unpaired) electrons. The molecule has 6 heteroatoms. The van der Waals surface area contributed by atoms with Crippen LogP contribution in [0.2, 0.25) is 0 Å². The van der Waals surface area contributed by atoms with Crippen LogP contribution in [0, 0.1) is 12.8 Å². The van der Waals surface area contributed by atoms with Crippen LogP contribution in [0.15, 0.2) is 78.2 Å². The van der Waals surface area contributed by atoms with E-state index in [2.05, 4.69) is 10.3 Å². The van der Waals surface area contributed by atoms with Crippen molar-refractivity contribution in [2.24, 2.45) is 5.92 Å². The van der Waals surface area contributed by atoms with Gasteiger partial charge in [0.15, 0.2) is 5.13 Å². The molecule has 0 bridgehead atoms. The molecular weight excluding hydrogens is 430 g/mol. The van der Waals surface area contributed by atoms with E-state index in [0.717, 1.165) is 27.7 Å². The van der Waals surface area contributed by atoms with Crippen LogP contribution in [-0.4, -0.2) is 22.8 Å². The topological polar surface area (TPSA) is 62.3 Å². The third kappa shape index (κ3) is 5.12. The minimum atomic E-state index is -0.683. The summed E-state index contributed by atoms with van der Waals surface area (Å²) in [5, 5.41) is 7.66. The van der Waals surface area contributed by atoms with Gasteiger partial charge in [0.1, 0.15) is 6.04 Å². The molecule has 0 saturated carbocycles. The predicted molar refractivity (Wildman–Crippen MR) is 135 cm³/mol. The first-order chi connectivity index (χ1) is 15.9. The van der Waals surface area contributed by atoms with Crippen LogP contribution in [0.25, 0.3) is 10.8 Å². The number of para-hydroxylation sites is 1. The van der Waals surface area contributed by atoms with Gasteiger partial charge in [-0.3, -0.25) is 14.5 Å². The second-order valence-electron chi connectivity index (χ2n) is 8.38. The third-order valence-corrected chi connectivity index (χ3v) is 6.46. The monoisotopic (exact) mass is 457 g/mol. The number of benzene rings is 3. The molecule has 1 heterocycles. The zero-order valence-electron chi connectivity index (χ0n) is 19.0. The number of amides is 2. The Bertz CT molecular complexity index is 1260. The van der Waals surface area contributed by atoms with Gasteiger partial charge in [-0.2, -0.15) is 0 Å². The number of nitrogens with one attached hydrogen (secondary N) is 1. The average molecular weight is 458 g/mol. The second-order valence-corrected chi connectivity index (χ2v) is 9.22. The molecule has 1 aromatic heterocycles. The van der Waals surface area contributed by atoms with E-state index in [9.17, 15) is 9.59 Å². The third-order valence-electron chi connectivity index (χ3n) is 5.51. The molecule has 0 fully saturated rings. The molecule has 5 nitrogen and oxygen atoms in total. The maximum absolute atomic E-state index is 13.8. The van der Waals surface area contributed by atoms with Gasteiger partial charge in [0.05, 0.1) is 17.8 Å². The SMILES string of the molecule is Cc1csc(N(C(=O)[C@@H](NC(=O)Cc2cccc3ccccc23)C(C)C)c2ccccc2)n1. The van der Waals surface area contributed by atoms with Gasteiger partial charge in [-0.15, -0.1) is 11.3 Å². The number of aromatic nitrogens is 1. The van der Waals surface area contributed by atoms with Gasteiger partial charge in [-0.1, -0.05) is 74.5 Å². The Morgan fingerprint density at radius 1 is 0.970 bits per heavy atom. The zero-order chi connectivity index (χ0) is 23.4. The minimum Gasteiger partial charge on any atom is -0.344 e. The van der Waals surface area contributed by atoms with Crippen LogP contribution < -0.4 is 10.2 Å². The van der Waals surface area contributed by atoms with E-state index in [0.29, 0.717) is 5.13 Å². The van der Waals surface area contributed by atoms with E-state index >= 15 is 0 Å². The summed E-state index contributed by atoms with van der Waals surface area (Å²) in [7, 11) is 0. The van der Waals surface area contributed by atoms with Gasteiger partial charge in [0.25, 0.3) is 5.91 Å². The fourth-order valence-electron chi connectivity index (χ4n) is 3.85. The van der Waals surface area contributed by atoms with Gasteiger partial charge in [0, 0.05) is 5.38 Å². The molecule has 0 spiro atoms. The van der Waals surface area contributed by atoms with Gasteiger partial charge in [-0.05, 0) is 41.3 Å². The van der Waals surface area contributed by atoms with E-state index in [1.165, 1.54) is 11.3 Å². The molecule has 0 aliphatic heterocycles. The lowest BCUT2D eigenvalue weighted by Gasteiger charge is -2.28. The molecule has 4 aromatic rings. The number of carbonyl (C=O) groups is 2. The smallest absolute Gasteiger partial charge is 0.256 e. The van der Waals surface area contributed by atoms with E-state index in [1.54, 1.807) is 4.90 Å². The van der Waals surface area contributed by atoms with Gasteiger partial charge >= 0.3 is 0 Å². The fraction of sp³-hybridized carbons (Fsp3) is 0.222. The van der Waals surface area contributed by atoms with Crippen LogP contribution in [0.5, 0.6) is 0 Å². The Kier molecular flexibility index (Phi) is 6.84. The highest BCUT2D eigenvalue weighted by atomic mass is 32.1. The molecule has 0 unspecified atom stereocenters. The summed E-state index contributed by atoms with van der Waals surface area (Å²) in [4.78, 5) is 33.0. The summed E-state index contributed by atoms with van der Waals surface area (Å²) >= 11 is 1.41. The summed E-state index contributed by atoms with van der Waals surface area (Å²) in [6.07, 6.45) is 0.208. The van der Waals surface area contributed by atoms with Crippen molar-refractivity contribution < 1.29 is 9.59 Å². The molecular formula is C27H27N3O2S. The highest BCUT2D eigenvalue weighted by Gasteiger charge is 2.32. The summed E-state index contributed by atoms with van der Waals surface area (Å²) in [5.41, 5.74) is 2.52. The minimum absolute atomic E-state index is 0.0961. The van der Waals surface area contributed by atoms with Crippen molar-refractivity contribution in [3.05, 3.63) is 89.4 Å². The van der Waals surface area contributed by atoms with Crippen LogP contribution in [0.4, 0.5) is 10.8 Å². The first-order valence-electron chi connectivity index (χ1n) is 11.0. The number of rotatable bonds is 7. The summed E-state index contributed by atoms with van der Waals surface area (Å²) in [6.45, 7) is 5.79. The number of hydrogen-bond acceptors (Lipinski definition) is 4. The first kappa shape index (κ1) is 22.7. The van der Waals surface area contributed by atoms with Crippen molar-refractivity contribution in [1.29, 1.82) is 0 Å². The number of hydrogen-bond donors (Lipinski definition) is 1. The highest BCUT2D eigenvalue weighted by Crippen LogP contribution is 2.30. The second kappa shape index (κ2) is 9.96. The Morgan fingerprint density at radius 3 is 2.36 bits per heavy atom. The number of nitrogens with zero attached hydrogens (tertiary/aromatic N) is 2.